The molecule has 0 radical (unpaired) electrons. The van der Waals surface area contributed by atoms with Crippen LogP contribution in [-0.4, -0.2) is 45.2 Å². The van der Waals surface area contributed by atoms with Gasteiger partial charge in [-0.2, -0.15) is 0 Å². The number of benzene rings is 3. The number of anilines is 1. The lowest BCUT2D eigenvalue weighted by Crippen LogP contribution is -2.49. The summed E-state index contributed by atoms with van der Waals surface area (Å²) in [5.41, 5.74) is 3.88. The van der Waals surface area contributed by atoms with E-state index in [1.807, 2.05) is 43.3 Å². The lowest BCUT2D eigenvalue weighted by Gasteiger charge is -2.45. The van der Waals surface area contributed by atoms with Crippen LogP contribution in [0.1, 0.15) is 71.3 Å². The Bertz CT molecular complexity index is 1760. The van der Waals surface area contributed by atoms with E-state index in [4.69, 9.17) is 16.3 Å². The lowest BCUT2D eigenvalue weighted by molar-refractivity contribution is 0.0456. The molecular formula is C37H41ClN2O5S. The Balaban J connectivity index is 1.30. The summed E-state index contributed by atoms with van der Waals surface area (Å²) >= 11 is 6.41. The van der Waals surface area contributed by atoms with Gasteiger partial charge in [-0.25, -0.2) is 13.1 Å². The summed E-state index contributed by atoms with van der Waals surface area (Å²) < 4.78 is 36.8. The summed E-state index contributed by atoms with van der Waals surface area (Å²) in [7, 11) is -4.13. The predicted molar refractivity (Wildman–Crippen MR) is 181 cm³/mol. The normalized spacial score (nSPS) is 31.3. The van der Waals surface area contributed by atoms with E-state index in [9.17, 15) is 18.3 Å². The maximum atomic E-state index is 13.9. The van der Waals surface area contributed by atoms with Gasteiger partial charge in [0.2, 0.25) is 10.0 Å². The largest absolute Gasteiger partial charge is 0.490 e. The Morgan fingerprint density at radius 3 is 2.67 bits per heavy atom. The summed E-state index contributed by atoms with van der Waals surface area (Å²) in [5.74, 6) is 0.0242. The molecule has 3 unspecified atom stereocenters. The van der Waals surface area contributed by atoms with Crippen molar-refractivity contribution in [2.24, 2.45) is 17.8 Å². The van der Waals surface area contributed by atoms with E-state index in [-0.39, 0.29) is 28.7 Å². The zero-order valence-corrected chi connectivity index (χ0v) is 27.6. The van der Waals surface area contributed by atoms with E-state index in [1.54, 1.807) is 30.3 Å². The SMILES string of the molecule is C[C@H]1C/C=C/[C@H](O)C2CC[C@H]2CN2CC3(CCCc4cc(Cl)ccc43)COc3ccc(cc32)C(=O)NS(=O)(=O)C1c1ccccc1. The monoisotopic (exact) mass is 660 g/mol. The molecule has 3 aromatic rings. The van der Waals surface area contributed by atoms with Crippen LogP contribution in [0.4, 0.5) is 5.69 Å². The van der Waals surface area contributed by atoms with Crippen molar-refractivity contribution >= 4 is 33.2 Å². The van der Waals surface area contributed by atoms with E-state index in [2.05, 4.69) is 21.8 Å². The zero-order chi connectivity index (χ0) is 32.1. The molecule has 2 bridgehead atoms. The number of nitrogens with one attached hydrogen (secondary N) is 1. The van der Waals surface area contributed by atoms with Crippen LogP contribution in [-0.2, 0) is 21.9 Å². The molecule has 1 spiro atoms. The van der Waals surface area contributed by atoms with Crippen LogP contribution in [0, 0.1) is 17.8 Å². The summed E-state index contributed by atoms with van der Waals surface area (Å²) in [5, 5.41) is 11.1. The Morgan fingerprint density at radius 1 is 1.07 bits per heavy atom. The van der Waals surface area contributed by atoms with Gasteiger partial charge in [-0.05, 0) is 103 Å². The van der Waals surface area contributed by atoms with Gasteiger partial charge in [0.05, 0.1) is 18.4 Å². The van der Waals surface area contributed by atoms with Crippen LogP contribution in [0.25, 0.3) is 0 Å². The van der Waals surface area contributed by atoms with Crippen LogP contribution in [0.3, 0.4) is 0 Å². The Morgan fingerprint density at radius 2 is 1.89 bits per heavy atom. The number of hydrogen-bond acceptors (Lipinski definition) is 6. The molecule has 4 aliphatic rings. The third-order valence-corrected chi connectivity index (χ3v) is 12.8. The van der Waals surface area contributed by atoms with Crippen molar-refractivity contribution < 1.29 is 23.1 Å². The fraction of sp³-hybridized carbons (Fsp3) is 0.432. The second-order valence-corrected chi connectivity index (χ2v) is 16.0. The van der Waals surface area contributed by atoms with Crippen molar-refractivity contribution in [2.75, 3.05) is 24.6 Å². The summed E-state index contributed by atoms with van der Waals surface area (Å²) in [6, 6.07) is 20.4. The van der Waals surface area contributed by atoms with Gasteiger partial charge in [0.1, 0.15) is 11.0 Å². The molecule has 242 valence electrons. The highest BCUT2D eigenvalue weighted by Gasteiger charge is 2.44. The molecule has 7 nitrogen and oxygen atoms in total. The number of aliphatic hydroxyl groups is 1. The van der Waals surface area contributed by atoms with Gasteiger partial charge in [-0.15, -0.1) is 0 Å². The molecule has 6 atom stereocenters. The van der Waals surface area contributed by atoms with Gasteiger partial charge in [-0.1, -0.05) is 67.1 Å². The minimum absolute atomic E-state index is 0.0978. The standard InChI is InChI=1S/C37H41ClN2O5S/c1-24-7-5-11-33(41)30-15-12-28(30)21-40-22-37(18-6-10-26-19-29(38)14-16-31(26)37)23-45-34-17-13-27(20-32(34)40)36(42)39-46(43,44)35(24)25-8-3-2-4-9-25/h2-5,8-9,11,13-14,16-17,19-20,24,28,30,33,35,41H,6-7,10,12,15,18,21-23H2,1H3,(H,39,42)/b11-5+/t24-,28-,30?,33-,35?,37?/m0/s1. The van der Waals surface area contributed by atoms with Crippen LogP contribution in [0.5, 0.6) is 5.75 Å². The van der Waals surface area contributed by atoms with Gasteiger partial charge in [0.15, 0.2) is 0 Å². The number of aliphatic hydroxyl groups excluding tert-OH is 1. The molecule has 9 heteroatoms. The summed E-state index contributed by atoms with van der Waals surface area (Å²) in [6.07, 6.45) is 8.44. The Kier molecular flexibility index (Phi) is 8.41. The van der Waals surface area contributed by atoms with Crippen molar-refractivity contribution in [1.29, 1.82) is 0 Å². The van der Waals surface area contributed by atoms with Crippen molar-refractivity contribution in [2.45, 2.75) is 62.2 Å². The van der Waals surface area contributed by atoms with Crippen molar-refractivity contribution in [3.8, 4) is 5.75 Å². The molecule has 2 heterocycles. The predicted octanol–water partition coefficient (Wildman–Crippen LogP) is 6.60. The van der Waals surface area contributed by atoms with Gasteiger partial charge in [-0.3, -0.25) is 4.79 Å². The number of amides is 1. The maximum absolute atomic E-state index is 13.9. The van der Waals surface area contributed by atoms with Crippen LogP contribution >= 0.6 is 11.6 Å². The molecule has 7 rings (SSSR count). The average Bonchev–Trinajstić information content (AvgIpc) is 3.16. The fourth-order valence-electron chi connectivity index (χ4n) is 8.22. The smallest absolute Gasteiger partial charge is 0.264 e. The highest BCUT2D eigenvalue weighted by Crippen LogP contribution is 2.47. The number of ether oxygens (including phenoxy) is 1. The second kappa shape index (κ2) is 12.4. The fourth-order valence-corrected chi connectivity index (χ4v) is 10.2. The van der Waals surface area contributed by atoms with Crippen molar-refractivity contribution in [3.63, 3.8) is 0 Å². The molecule has 0 aromatic heterocycles. The van der Waals surface area contributed by atoms with E-state index in [0.29, 0.717) is 37.4 Å². The number of hydrogen-bond donors (Lipinski definition) is 2. The quantitative estimate of drug-likeness (QED) is 0.286. The highest BCUT2D eigenvalue weighted by atomic mass is 35.5. The number of carbonyl (C=O) groups is 1. The van der Waals surface area contributed by atoms with Gasteiger partial charge in [0.25, 0.3) is 5.91 Å². The third kappa shape index (κ3) is 5.84. The number of nitrogens with zero attached hydrogens (tertiary/aromatic N) is 1. The number of aryl methyl sites for hydroxylation is 1. The minimum Gasteiger partial charge on any atom is -0.490 e. The molecule has 2 N–H and O–H groups in total. The molecule has 2 aliphatic carbocycles. The van der Waals surface area contributed by atoms with E-state index in [0.717, 1.165) is 42.8 Å². The molecular weight excluding hydrogens is 620 g/mol. The number of carbonyl (C=O) groups excluding carboxylic acids is 1. The van der Waals surface area contributed by atoms with Crippen molar-refractivity contribution in [3.05, 3.63) is 106 Å². The molecule has 1 fully saturated rings. The third-order valence-electron chi connectivity index (χ3n) is 10.7. The summed E-state index contributed by atoms with van der Waals surface area (Å²) in [6.45, 7) is 3.74. The first-order valence-corrected chi connectivity index (χ1v) is 18.3. The Labute approximate surface area is 276 Å². The highest BCUT2D eigenvalue weighted by molar-refractivity contribution is 7.90. The number of halogens is 1. The van der Waals surface area contributed by atoms with E-state index in [1.165, 1.54) is 11.1 Å². The van der Waals surface area contributed by atoms with Gasteiger partial charge < -0.3 is 14.7 Å². The Hall–Kier alpha value is -3.33. The minimum atomic E-state index is -4.13. The molecule has 1 amide bonds. The number of sulfonamides is 1. The van der Waals surface area contributed by atoms with E-state index < -0.39 is 27.3 Å². The molecule has 2 aliphatic heterocycles. The van der Waals surface area contributed by atoms with Crippen LogP contribution < -0.4 is 14.4 Å². The van der Waals surface area contributed by atoms with Gasteiger partial charge in [0, 0.05) is 29.1 Å². The van der Waals surface area contributed by atoms with Crippen LogP contribution in [0.2, 0.25) is 5.02 Å². The first-order chi connectivity index (χ1) is 22.1. The van der Waals surface area contributed by atoms with Gasteiger partial charge >= 0.3 is 0 Å². The average molecular weight is 661 g/mol. The van der Waals surface area contributed by atoms with E-state index >= 15 is 0 Å². The maximum Gasteiger partial charge on any atom is 0.264 e. The molecule has 0 saturated heterocycles. The van der Waals surface area contributed by atoms with Crippen LogP contribution in [0.15, 0.2) is 78.9 Å². The number of rotatable bonds is 1. The molecule has 1 saturated carbocycles. The zero-order valence-electron chi connectivity index (χ0n) is 26.1. The first-order valence-electron chi connectivity index (χ1n) is 16.4. The van der Waals surface area contributed by atoms with Crippen molar-refractivity contribution in [1.82, 2.24) is 4.72 Å². The lowest BCUT2D eigenvalue weighted by atomic mass is 9.68. The molecule has 3 aromatic carbocycles. The molecule has 46 heavy (non-hydrogen) atoms. The topological polar surface area (TPSA) is 95.9 Å². The second-order valence-electron chi connectivity index (χ2n) is 13.7. The number of allylic oxidation sites excluding steroid dienone is 1. The first kappa shape index (κ1) is 31.3. The number of fused-ring (bicyclic) bond motifs is 4. The summed E-state index contributed by atoms with van der Waals surface area (Å²) in [4.78, 5) is 16.1.